The summed E-state index contributed by atoms with van der Waals surface area (Å²) in [5, 5.41) is 5.15. The Labute approximate surface area is 187 Å². The van der Waals surface area contributed by atoms with Crippen molar-refractivity contribution in [3.8, 4) is 0 Å². The number of nitrogens with zero attached hydrogens (tertiary/aromatic N) is 2. The Morgan fingerprint density at radius 3 is 2.72 bits per heavy atom. The third-order valence-corrected chi connectivity index (χ3v) is 5.57. The van der Waals surface area contributed by atoms with Gasteiger partial charge in [0.15, 0.2) is 0 Å². The molecule has 0 unspecified atom stereocenters. The lowest BCUT2D eigenvalue weighted by Crippen LogP contribution is -2.11. The van der Waals surface area contributed by atoms with Crippen molar-refractivity contribution in [1.29, 1.82) is 0 Å². The molecular weight excluding hydrogens is 432 g/mol. The Morgan fingerprint density at radius 2 is 1.94 bits per heavy atom. The zero-order chi connectivity index (χ0) is 22.5. The molecule has 0 N–H and O–H groups in total. The number of hydrogen-bond donors (Lipinski definition) is 0. The molecule has 3 heterocycles. The van der Waals surface area contributed by atoms with Gasteiger partial charge in [-0.15, -0.1) is 0 Å². The van der Waals surface area contributed by atoms with Crippen LogP contribution in [-0.2, 0) is 21.8 Å². The lowest BCUT2D eigenvalue weighted by molar-refractivity contribution is 0.0432. The normalized spacial score (nSPS) is 10.9. The topological polar surface area (TPSA) is 105 Å². The first-order chi connectivity index (χ1) is 15.6. The van der Waals surface area contributed by atoms with Gasteiger partial charge in [-0.25, -0.2) is 14.6 Å². The van der Waals surface area contributed by atoms with E-state index in [-0.39, 0.29) is 19.0 Å². The fourth-order valence-corrected chi connectivity index (χ4v) is 3.97. The summed E-state index contributed by atoms with van der Waals surface area (Å²) in [4.78, 5) is 29.5. The molecule has 0 aliphatic carbocycles. The van der Waals surface area contributed by atoms with Crippen LogP contribution in [0.1, 0.15) is 44.9 Å². The summed E-state index contributed by atoms with van der Waals surface area (Å²) < 4.78 is 21.4. The van der Waals surface area contributed by atoms with E-state index >= 15 is 0 Å². The Morgan fingerprint density at radius 1 is 1.09 bits per heavy atom. The highest BCUT2D eigenvalue weighted by Gasteiger charge is 2.23. The van der Waals surface area contributed by atoms with Gasteiger partial charge in [-0.05, 0) is 32.0 Å². The molecule has 9 heteroatoms. The number of rotatable bonds is 8. The van der Waals surface area contributed by atoms with E-state index in [1.165, 1.54) is 11.8 Å². The molecule has 0 aliphatic heterocycles. The smallest absolute Gasteiger partial charge is 0.374 e. The quantitative estimate of drug-likeness (QED) is 0.271. The molecule has 0 saturated heterocycles. The second-order valence-corrected chi connectivity index (χ2v) is 7.74. The van der Waals surface area contributed by atoms with E-state index in [2.05, 4.69) is 10.1 Å². The van der Waals surface area contributed by atoms with Crippen LogP contribution in [0, 0.1) is 6.92 Å². The van der Waals surface area contributed by atoms with Crippen LogP contribution >= 0.6 is 11.8 Å². The summed E-state index contributed by atoms with van der Waals surface area (Å²) in [5.74, 6) is 0.0786. The minimum Gasteiger partial charge on any atom is -0.460 e. The lowest BCUT2D eigenvalue weighted by Gasteiger charge is -2.08. The number of benzene rings is 1. The highest BCUT2D eigenvalue weighted by molar-refractivity contribution is 7.98. The van der Waals surface area contributed by atoms with E-state index in [9.17, 15) is 9.59 Å². The molecule has 4 rings (SSSR count). The first kappa shape index (κ1) is 21.6. The second-order valence-electron chi connectivity index (χ2n) is 6.78. The first-order valence-corrected chi connectivity index (χ1v) is 10.9. The maximum atomic E-state index is 12.9. The highest BCUT2D eigenvalue weighted by Crippen LogP contribution is 2.29. The number of esters is 2. The Bertz CT molecular complexity index is 1260. The van der Waals surface area contributed by atoms with Gasteiger partial charge in [-0.1, -0.05) is 35.1 Å². The number of hydrogen-bond acceptors (Lipinski definition) is 9. The molecule has 0 atom stereocenters. The van der Waals surface area contributed by atoms with Gasteiger partial charge in [0.2, 0.25) is 5.76 Å². The van der Waals surface area contributed by atoms with Crippen LogP contribution in [0.5, 0.6) is 0 Å². The van der Waals surface area contributed by atoms with Crippen LogP contribution in [0.2, 0.25) is 0 Å². The van der Waals surface area contributed by atoms with Crippen molar-refractivity contribution in [2.75, 3.05) is 6.61 Å². The van der Waals surface area contributed by atoms with Crippen molar-refractivity contribution in [1.82, 2.24) is 10.1 Å². The third-order valence-electron chi connectivity index (χ3n) is 4.53. The van der Waals surface area contributed by atoms with Crippen molar-refractivity contribution in [2.45, 2.75) is 31.2 Å². The fraction of sp³-hybridized carbons (Fsp3) is 0.217. The number of carbonyl (C=O) groups is 2. The van der Waals surface area contributed by atoms with Gasteiger partial charge >= 0.3 is 11.9 Å². The van der Waals surface area contributed by atoms with Gasteiger partial charge in [0.1, 0.15) is 23.0 Å². The van der Waals surface area contributed by atoms with E-state index in [1.807, 2.05) is 19.1 Å². The monoisotopic (exact) mass is 452 g/mol. The number of aryl methyl sites for hydroxylation is 1. The van der Waals surface area contributed by atoms with Gasteiger partial charge in [0, 0.05) is 23.4 Å². The third kappa shape index (κ3) is 4.67. The number of carbonyl (C=O) groups excluding carboxylic acids is 2. The number of furan rings is 1. The molecule has 8 nitrogen and oxygen atoms in total. The van der Waals surface area contributed by atoms with Gasteiger partial charge in [0.25, 0.3) is 0 Å². The SMILES string of the molecule is CCOC(=O)c1oc2ccccc2c1COC(=O)c1cccnc1SCc1cc(C)on1. The maximum Gasteiger partial charge on any atom is 0.374 e. The second kappa shape index (κ2) is 9.69. The van der Waals surface area contributed by atoms with E-state index in [1.54, 1.807) is 43.5 Å². The number of aromatic nitrogens is 2. The molecule has 0 bridgehead atoms. The summed E-state index contributed by atoms with van der Waals surface area (Å²) in [7, 11) is 0. The van der Waals surface area contributed by atoms with E-state index in [0.717, 1.165) is 5.69 Å². The predicted octanol–water partition coefficient (Wildman–Crippen LogP) is 4.95. The van der Waals surface area contributed by atoms with Crippen LogP contribution in [0.15, 0.2) is 62.6 Å². The molecule has 0 aliphatic rings. The minimum atomic E-state index is -0.602. The maximum absolute atomic E-state index is 12.9. The fourth-order valence-electron chi connectivity index (χ4n) is 3.11. The van der Waals surface area contributed by atoms with Crippen molar-refractivity contribution >= 4 is 34.7 Å². The average Bonchev–Trinajstić information content (AvgIpc) is 3.39. The number of ether oxygens (including phenoxy) is 2. The Hall–Kier alpha value is -3.59. The standard InChI is InChI=1S/C23H20N2O6S/c1-3-28-23(27)20-18(16-7-4-5-9-19(16)30-20)12-29-22(26)17-8-6-10-24-21(17)32-13-15-11-14(2)31-25-15/h4-11H,3,12-13H2,1-2H3. The first-order valence-electron chi connectivity index (χ1n) is 9.91. The summed E-state index contributed by atoms with van der Waals surface area (Å²) in [6.07, 6.45) is 1.61. The summed E-state index contributed by atoms with van der Waals surface area (Å²) in [5.41, 5.74) is 2.05. The molecule has 164 valence electrons. The zero-order valence-corrected chi connectivity index (χ0v) is 18.3. The lowest BCUT2D eigenvalue weighted by atomic mass is 10.1. The average molecular weight is 452 g/mol. The van der Waals surface area contributed by atoms with Gasteiger partial charge in [-0.2, -0.15) is 0 Å². The zero-order valence-electron chi connectivity index (χ0n) is 17.5. The molecule has 0 saturated carbocycles. The van der Waals surface area contributed by atoms with Crippen molar-refractivity contribution in [3.05, 3.63) is 77.0 Å². The molecule has 0 spiro atoms. The van der Waals surface area contributed by atoms with Crippen molar-refractivity contribution < 1.29 is 28.0 Å². The van der Waals surface area contributed by atoms with E-state index < -0.39 is 11.9 Å². The van der Waals surface area contributed by atoms with Gasteiger partial charge < -0.3 is 18.4 Å². The van der Waals surface area contributed by atoms with Crippen LogP contribution < -0.4 is 0 Å². The van der Waals surface area contributed by atoms with Crippen LogP contribution in [-0.4, -0.2) is 28.7 Å². The molecule has 32 heavy (non-hydrogen) atoms. The molecule has 1 aromatic carbocycles. The van der Waals surface area contributed by atoms with E-state index in [0.29, 0.717) is 38.6 Å². The number of thioether (sulfide) groups is 1. The number of fused-ring (bicyclic) bond motifs is 1. The molecule has 3 aromatic heterocycles. The van der Waals surface area contributed by atoms with Crippen molar-refractivity contribution in [3.63, 3.8) is 0 Å². The molecular formula is C23H20N2O6S. The molecule has 0 fully saturated rings. The molecule has 4 aromatic rings. The largest absolute Gasteiger partial charge is 0.460 e. The number of pyridine rings is 1. The van der Waals surface area contributed by atoms with Crippen LogP contribution in [0.4, 0.5) is 0 Å². The Balaban J connectivity index is 1.53. The summed E-state index contributed by atoms with van der Waals surface area (Å²) in [6, 6.07) is 12.3. The number of para-hydroxylation sites is 1. The van der Waals surface area contributed by atoms with Gasteiger partial charge in [-0.3, -0.25) is 0 Å². The Kier molecular flexibility index (Phi) is 6.55. The minimum absolute atomic E-state index is 0.0306. The highest BCUT2D eigenvalue weighted by atomic mass is 32.2. The van der Waals surface area contributed by atoms with Crippen molar-refractivity contribution in [2.24, 2.45) is 0 Å². The molecule has 0 radical (unpaired) electrons. The van der Waals surface area contributed by atoms with Gasteiger partial charge in [0.05, 0.1) is 23.4 Å². The summed E-state index contributed by atoms with van der Waals surface area (Å²) >= 11 is 1.36. The van der Waals surface area contributed by atoms with E-state index in [4.69, 9.17) is 18.4 Å². The summed E-state index contributed by atoms with van der Waals surface area (Å²) in [6.45, 7) is 3.58. The predicted molar refractivity (Wildman–Crippen MR) is 116 cm³/mol. The van der Waals surface area contributed by atoms with Crippen LogP contribution in [0.3, 0.4) is 0 Å². The molecule has 0 amide bonds. The van der Waals surface area contributed by atoms with Crippen LogP contribution in [0.25, 0.3) is 11.0 Å².